The molecule has 3 heterocycles. The van der Waals surface area contributed by atoms with E-state index in [2.05, 4.69) is 9.97 Å². The third-order valence-corrected chi connectivity index (χ3v) is 6.74. The number of halogens is 4. The van der Waals surface area contributed by atoms with Gasteiger partial charge in [-0.15, -0.1) is 0 Å². The highest BCUT2D eigenvalue weighted by Crippen LogP contribution is 2.44. The molecule has 6 rings (SSSR count). The quantitative estimate of drug-likeness (QED) is 0.430. The molecular formula is C24H19F4N5O2. The Balaban J connectivity index is 1.46. The maximum Gasteiger partial charge on any atom is 0.266 e. The number of hydrogen-bond acceptors (Lipinski definition) is 5. The molecule has 1 saturated heterocycles. The lowest BCUT2D eigenvalue weighted by Crippen LogP contribution is -2.50. The summed E-state index contributed by atoms with van der Waals surface area (Å²) in [7, 11) is 0. The summed E-state index contributed by atoms with van der Waals surface area (Å²) < 4.78 is 63.7. The van der Waals surface area contributed by atoms with Crippen LogP contribution in [0.1, 0.15) is 46.4 Å². The molecule has 3 atom stereocenters. The highest BCUT2D eigenvalue weighted by atomic mass is 19.3. The molecule has 35 heavy (non-hydrogen) atoms. The van der Waals surface area contributed by atoms with Gasteiger partial charge in [-0.25, -0.2) is 27.5 Å². The summed E-state index contributed by atoms with van der Waals surface area (Å²) in [5.41, 5.74) is 7.12. The summed E-state index contributed by atoms with van der Waals surface area (Å²) >= 11 is 0. The first-order valence-corrected chi connectivity index (χ1v) is 11.0. The van der Waals surface area contributed by atoms with Gasteiger partial charge in [-0.3, -0.25) is 9.20 Å². The first-order valence-electron chi connectivity index (χ1n) is 11.0. The molecule has 2 aromatic carbocycles. The molecule has 1 amide bonds. The predicted molar refractivity (Wildman–Crippen MR) is 118 cm³/mol. The van der Waals surface area contributed by atoms with E-state index in [0.717, 1.165) is 18.2 Å². The number of rotatable bonds is 2. The largest absolute Gasteiger partial charge is 0.382 e. The Morgan fingerprint density at radius 1 is 1.17 bits per heavy atom. The maximum absolute atomic E-state index is 15.2. The van der Waals surface area contributed by atoms with E-state index in [4.69, 9.17) is 10.5 Å². The second-order valence-electron chi connectivity index (χ2n) is 8.93. The number of ether oxygens (including phenoxy) is 1. The Hall–Kier alpha value is -3.73. The van der Waals surface area contributed by atoms with Crippen molar-refractivity contribution < 1.29 is 27.1 Å². The van der Waals surface area contributed by atoms with Crippen LogP contribution in [0.15, 0.2) is 36.8 Å². The van der Waals surface area contributed by atoms with Gasteiger partial charge in [0, 0.05) is 19.0 Å². The number of benzene rings is 2. The topological polar surface area (TPSA) is 85.8 Å². The molecule has 11 heteroatoms. The van der Waals surface area contributed by atoms with Crippen molar-refractivity contribution in [1.82, 2.24) is 19.3 Å². The Bertz CT molecular complexity index is 1520. The minimum absolute atomic E-state index is 0.121. The summed E-state index contributed by atoms with van der Waals surface area (Å²) in [4.78, 5) is 23.4. The normalized spacial score (nSPS) is 21.7. The number of imidazole rings is 1. The van der Waals surface area contributed by atoms with Crippen LogP contribution >= 0.6 is 0 Å². The van der Waals surface area contributed by atoms with Crippen LogP contribution in [0.5, 0.6) is 0 Å². The lowest BCUT2D eigenvalue weighted by Gasteiger charge is -2.41. The summed E-state index contributed by atoms with van der Waals surface area (Å²) in [6, 6.07) is 3.96. The fourth-order valence-electron chi connectivity index (χ4n) is 5.25. The molecule has 7 nitrogen and oxygen atoms in total. The van der Waals surface area contributed by atoms with Crippen LogP contribution in [0, 0.1) is 11.6 Å². The first kappa shape index (κ1) is 21.8. The van der Waals surface area contributed by atoms with Gasteiger partial charge in [0.2, 0.25) is 0 Å². The number of amides is 1. The van der Waals surface area contributed by atoms with E-state index in [1.54, 1.807) is 11.3 Å². The van der Waals surface area contributed by atoms with Gasteiger partial charge >= 0.3 is 0 Å². The summed E-state index contributed by atoms with van der Waals surface area (Å²) in [6.45, 7) is 1.89. The van der Waals surface area contributed by atoms with Crippen molar-refractivity contribution in [2.75, 3.05) is 12.3 Å². The molecule has 1 fully saturated rings. The first-order chi connectivity index (χ1) is 16.7. The molecule has 2 N–H and O–H groups in total. The fourth-order valence-corrected chi connectivity index (χ4v) is 5.25. The van der Waals surface area contributed by atoms with Crippen LogP contribution in [-0.4, -0.2) is 43.9 Å². The van der Waals surface area contributed by atoms with E-state index < -0.39 is 41.7 Å². The number of anilines is 1. The third-order valence-electron chi connectivity index (χ3n) is 6.74. The minimum atomic E-state index is -2.96. The second-order valence-corrected chi connectivity index (χ2v) is 8.93. The molecule has 2 aliphatic rings. The number of nitrogen functional groups attached to an aromatic ring is 1. The van der Waals surface area contributed by atoms with Gasteiger partial charge in [0.25, 0.3) is 12.3 Å². The van der Waals surface area contributed by atoms with Crippen molar-refractivity contribution in [1.29, 1.82) is 0 Å². The van der Waals surface area contributed by atoms with Gasteiger partial charge in [0.05, 0.1) is 52.9 Å². The van der Waals surface area contributed by atoms with E-state index >= 15 is 4.39 Å². The average Bonchev–Trinajstić information content (AvgIpc) is 3.42. The number of nitrogens with zero attached hydrogens (tertiary/aromatic N) is 4. The number of nitrogens with two attached hydrogens (primary N) is 1. The second kappa shape index (κ2) is 7.64. The lowest BCUT2D eigenvalue weighted by atomic mass is 10.00. The number of fused-ring (bicyclic) bond motifs is 6. The molecule has 1 aliphatic carbocycles. The van der Waals surface area contributed by atoms with Crippen molar-refractivity contribution in [3.63, 3.8) is 0 Å². The molecule has 4 aromatic rings. The lowest BCUT2D eigenvalue weighted by molar-refractivity contribution is -0.0938. The van der Waals surface area contributed by atoms with Gasteiger partial charge in [-0.1, -0.05) is 0 Å². The van der Waals surface area contributed by atoms with Crippen LogP contribution in [0.2, 0.25) is 0 Å². The van der Waals surface area contributed by atoms with Crippen molar-refractivity contribution >= 4 is 28.3 Å². The van der Waals surface area contributed by atoms with E-state index in [0.29, 0.717) is 22.2 Å². The summed E-state index contributed by atoms with van der Waals surface area (Å²) in [5, 5.41) is 0. The fraction of sp³-hybridized carbons (Fsp3) is 0.292. The molecule has 0 unspecified atom stereocenters. The molecule has 2 aromatic heterocycles. The molecule has 0 spiro atoms. The minimum Gasteiger partial charge on any atom is -0.382 e. The maximum atomic E-state index is 15.2. The molecule has 180 valence electrons. The van der Waals surface area contributed by atoms with Crippen molar-refractivity contribution in [2.45, 2.75) is 38.0 Å². The molecule has 0 saturated carbocycles. The van der Waals surface area contributed by atoms with Gasteiger partial charge in [-0.2, -0.15) is 0 Å². The zero-order valence-electron chi connectivity index (χ0n) is 18.4. The van der Waals surface area contributed by atoms with E-state index in [1.807, 2.05) is 0 Å². The Morgan fingerprint density at radius 3 is 2.74 bits per heavy atom. The van der Waals surface area contributed by atoms with Crippen LogP contribution in [-0.2, 0) is 11.2 Å². The van der Waals surface area contributed by atoms with Crippen molar-refractivity contribution in [2.24, 2.45) is 0 Å². The highest BCUT2D eigenvalue weighted by molar-refractivity contribution is 5.99. The van der Waals surface area contributed by atoms with E-state index in [-0.39, 0.29) is 36.0 Å². The molecule has 0 bridgehead atoms. The van der Waals surface area contributed by atoms with E-state index in [9.17, 15) is 18.0 Å². The Morgan fingerprint density at radius 2 is 1.97 bits per heavy atom. The summed E-state index contributed by atoms with van der Waals surface area (Å²) in [5.74, 6) is -2.28. The molecule has 1 aliphatic heterocycles. The number of hydrogen-bond donors (Lipinski definition) is 1. The SMILES string of the molecule is C[C@@H]1CN(C(=O)c2cc3c(cc2F)nc(N)c2cncn23)[C@H]2c3cc(F)c(C(F)F)cc3C[C@H]2O1. The van der Waals surface area contributed by atoms with Gasteiger partial charge in [-0.05, 0) is 36.2 Å². The van der Waals surface area contributed by atoms with Crippen LogP contribution in [0.3, 0.4) is 0 Å². The third kappa shape index (κ3) is 3.25. The average molecular weight is 485 g/mol. The Labute approximate surface area is 196 Å². The van der Waals surface area contributed by atoms with Gasteiger partial charge in [0.15, 0.2) is 0 Å². The molecule has 0 radical (unpaired) electrons. The number of morpholine rings is 1. The zero-order chi connectivity index (χ0) is 24.6. The number of alkyl halides is 2. The number of carbonyl (C=O) groups is 1. The monoisotopic (exact) mass is 485 g/mol. The van der Waals surface area contributed by atoms with Crippen molar-refractivity contribution in [3.8, 4) is 0 Å². The van der Waals surface area contributed by atoms with Crippen LogP contribution in [0.4, 0.5) is 23.4 Å². The zero-order valence-corrected chi connectivity index (χ0v) is 18.4. The predicted octanol–water partition coefficient (Wildman–Crippen LogP) is 4.21. The van der Waals surface area contributed by atoms with Crippen molar-refractivity contribution in [3.05, 3.63) is 70.7 Å². The van der Waals surface area contributed by atoms with Crippen LogP contribution < -0.4 is 5.73 Å². The Kier molecular flexibility index (Phi) is 4.75. The number of aromatic nitrogens is 3. The van der Waals surface area contributed by atoms with Gasteiger partial charge in [0.1, 0.15) is 23.0 Å². The van der Waals surface area contributed by atoms with Gasteiger partial charge < -0.3 is 15.4 Å². The highest BCUT2D eigenvalue weighted by Gasteiger charge is 2.45. The standard InChI is InChI=1S/C24H19F4N5O2/c1-10-8-32(21-12-4-15(25)13(22(27)28)2-11(12)3-20(21)35-10)24(34)14-5-18-17(6-16(14)26)31-23(29)19-7-30-9-33(18)19/h2,4-7,9-10,20-22H,3,8H2,1H3,(H2,29,31)/t10-,20-,21+/m1/s1. The summed E-state index contributed by atoms with van der Waals surface area (Å²) in [6.07, 6.45) is -0.665. The molecular weight excluding hydrogens is 466 g/mol. The van der Waals surface area contributed by atoms with E-state index in [1.165, 1.54) is 23.5 Å². The van der Waals surface area contributed by atoms with Crippen LogP contribution in [0.25, 0.3) is 16.6 Å². The number of carbonyl (C=O) groups excluding carboxylic acids is 1. The smallest absolute Gasteiger partial charge is 0.266 e.